The van der Waals surface area contributed by atoms with Crippen molar-refractivity contribution in [2.45, 2.75) is 62.3 Å². The number of carbonyl (C=O) groups excluding carboxylic acids is 1. The summed E-state index contributed by atoms with van der Waals surface area (Å²) in [4.78, 5) is 15.2. The standard InChI is InChI=1S/C24H31N3O/c1-11-12(2)15(5)23-20(14(11)4)21(24(28)27(23)19(9)25)17(7)22-16(6)13(3)18(8)26(22)10/h25H,1-10H3. The van der Waals surface area contributed by atoms with Gasteiger partial charge in [0, 0.05) is 24.0 Å². The summed E-state index contributed by atoms with van der Waals surface area (Å²) < 4.78 is 2.18. The average Bonchev–Trinajstić information content (AvgIpc) is 3.05. The van der Waals surface area contributed by atoms with Gasteiger partial charge in [0.1, 0.15) is 5.84 Å². The number of hydrogen-bond acceptors (Lipinski definition) is 2. The van der Waals surface area contributed by atoms with Gasteiger partial charge in [-0.3, -0.25) is 15.1 Å². The maximum absolute atomic E-state index is 13.6. The SMILES string of the molecule is CC(=N)N1C(=O)C(=C(C)c2c(C)c(C)c(C)n2C)c2c(C)c(C)c(C)c(C)c21. The maximum atomic E-state index is 13.6. The molecule has 4 nitrogen and oxygen atoms in total. The molecule has 2 aromatic rings. The molecule has 4 heteroatoms. The van der Waals surface area contributed by atoms with Crippen LogP contribution in [0.5, 0.6) is 0 Å². The molecule has 0 aliphatic carbocycles. The summed E-state index contributed by atoms with van der Waals surface area (Å²) >= 11 is 0. The Morgan fingerprint density at radius 3 is 1.79 bits per heavy atom. The van der Waals surface area contributed by atoms with Gasteiger partial charge in [0.15, 0.2) is 0 Å². The lowest BCUT2D eigenvalue weighted by atomic mass is 9.88. The summed E-state index contributed by atoms with van der Waals surface area (Å²) in [6, 6.07) is 0. The molecule has 3 rings (SSSR count). The van der Waals surface area contributed by atoms with Crippen LogP contribution in [0.1, 0.15) is 64.2 Å². The topological polar surface area (TPSA) is 49.1 Å². The average molecular weight is 378 g/mol. The molecule has 1 aromatic carbocycles. The number of nitrogens with zero attached hydrogens (tertiary/aromatic N) is 2. The first kappa shape index (κ1) is 20.1. The smallest absolute Gasteiger partial charge is 0.264 e. The lowest BCUT2D eigenvalue weighted by Crippen LogP contribution is -2.31. The third kappa shape index (κ3) is 2.43. The number of amidine groups is 1. The van der Waals surface area contributed by atoms with Crippen molar-refractivity contribution in [3.05, 3.63) is 50.3 Å². The van der Waals surface area contributed by atoms with E-state index in [0.717, 1.165) is 39.2 Å². The number of hydrogen-bond donors (Lipinski definition) is 1. The van der Waals surface area contributed by atoms with Crippen LogP contribution >= 0.6 is 0 Å². The number of amides is 1. The first-order valence-corrected chi connectivity index (χ1v) is 9.77. The number of nitrogens with one attached hydrogen (secondary N) is 1. The van der Waals surface area contributed by atoms with Crippen molar-refractivity contribution in [3.63, 3.8) is 0 Å². The third-order valence-corrected chi connectivity index (χ3v) is 6.91. The number of benzene rings is 1. The van der Waals surface area contributed by atoms with Crippen molar-refractivity contribution in [3.8, 4) is 0 Å². The van der Waals surface area contributed by atoms with E-state index in [4.69, 9.17) is 5.41 Å². The van der Waals surface area contributed by atoms with Gasteiger partial charge in [0.2, 0.25) is 0 Å². The summed E-state index contributed by atoms with van der Waals surface area (Å²) in [5.74, 6) is 0.169. The molecular weight excluding hydrogens is 346 g/mol. The number of anilines is 1. The Morgan fingerprint density at radius 2 is 1.32 bits per heavy atom. The van der Waals surface area contributed by atoms with E-state index >= 15 is 0 Å². The molecule has 0 fully saturated rings. The molecule has 1 aliphatic heterocycles. The van der Waals surface area contributed by atoms with Crippen LogP contribution in [0.3, 0.4) is 0 Å². The Hall–Kier alpha value is -2.62. The lowest BCUT2D eigenvalue weighted by Gasteiger charge is -2.20. The molecule has 1 N–H and O–H groups in total. The molecule has 2 heterocycles. The van der Waals surface area contributed by atoms with Gasteiger partial charge in [-0.05, 0) is 101 Å². The van der Waals surface area contributed by atoms with Gasteiger partial charge in [-0.15, -0.1) is 0 Å². The van der Waals surface area contributed by atoms with Crippen LogP contribution in [0.15, 0.2) is 0 Å². The third-order valence-electron chi connectivity index (χ3n) is 6.91. The molecular formula is C24H31N3O. The molecule has 1 aromatic heterocycles. The number of carbonyl (C=O) groups is 1. The fourth-order valence-electron chi connectivity index (χ4n) is 4.64. The second-order valence-electron chi connectivity index (χ2n) is 8.19. The highest BCUT2D eigenvalue weighted by Gasteiger charge is 2.39. The van der Waals surface area contributed by atoms with E-state index in [1.165, 1.54) is 27.9 Å². The number of rotatable bonds is 1. The second-order valence-corrected chi connectivity index (χ2v) is 8.19. The fourth-order valence-corrected chi connectivity index (χ4v) is 4.64. The Labute approximate surface area is 168 Å². The van der Waals surface area contributed by atoms with E-state index < -0.39 is 0 Å². The van der Waals surface area contributed by atoms with Gasteiger partial charge < -0.3 is 4.57 Å². The molecule has 0 saturated heterocycles. The van der Waals surface area contributed by atoms with Crippen molar-refractivity contribution >= 4 is 28.6 Å². The van der Waals surface area contributed by atoms with Crippen LogP contribution in [0.2, 0.25) is 0 Å². The number of fused-ring (bicyclic) bond motifs is 1. The van der Waals surface area contributed by atoms with Gasteiger partial charge in [-0.25, -0.2) is 0 Å². The summed E-state index contributed by atoms with van der Waals surface area (Å²) in [5.41, 5.74) is 13.0. The summed E-state index contributed by atoms with van der Waals surface area (Å²) in [7, 11) is 2.06. The summed E-state index contributed by atoms with van der Waals surface area (Å²) in [5, 5.41) is 8.28. The fraction of sp³-hybridized carbons (Fsp3) is 0.417. The predicted octanol–water partition coefficient (Wildman–Crippen LogP) is 5.46. The van der Waals surface area contributed by atoms with Crippen molar-refractivity contribution in [2.24, 2.45) is 7.05 Å². The van der Waals surface area contributed by atoms with E-state index in [1.54, 1.807) is 11.8 Å². The van der Waals surface area contributed by atoms with Crippen LogP contribution in [0.4, 0.5) is 5.69 Å². The van der Waals surface area contributed by atoms with E-state index in [1.807, 2.05) is 6.92 Å². The lowest BCUT2D eigenvalue weighted by molar-refractivity contribution is -0.112. The zero-order chi connectivity index (χ0) is 21.2. The van der Waals surface area contributed by atoms with E-state index in [0.29, 0.717) is 0 Å². The van der Waals surface area contributed by atoms with E-state index in [2.05, 4.69) is 60.1 Å². The molecule has 1 aliphatic rings. The molecule has 1 amide bonds. The van der Waals surface area contributed by atoms with Crippen LogP contribution < -0.4 is 4.90 Å². The van der Waals surface area contributed by atoms with E-state index in [-0.39, 0.29) is 11.7 Å². The van der Waals surface area contributed by atoms with Crippen molar-refractivity contribution in [2.75, 3.05) is 4.90 Å². The van der Waals surface area contributed by atoms with Gasteiger partial charge >= 0.3 is 0 Å². The Kier molecular flexibility index (Phi) is 4.65. The zero-order valence-electron chi connectivity index (χ0n) is 18.8. The van der Waals surface area contributed by atoms with Gasteiger partial charge in [-0.1, -0.05) is 0 Å². The van der Waals surface area contributed by atoms with Gasteiger partial charge in [0.05, 0.1) is 11.3 Å². The number of aromatic nitrogens is 1. The van der Waals surface area contributed by atoms with E-state index in [9.17, 15) is 4.79 Å². The normalized spacial score (nSPS) is 15.4. The van der Waals surface area contributed by atoms with Crippen molar-refractivity contribution in [1.82, 2.24) is 4.57 Å². The molecule has 0 bridgehead atoms. The first-order chi connectivity index (χ1) is 12.9. The zero-order valence-corrected chi connectivity index (χ0v) is 18.8. The van der Waals surface area contributed by atoms with Crippen molar-refractivity contribution in [1.29, 1.82) is 5.41 Å². The first-order valence-electron chi connectivity index (χ1n) is 9.77. The van der Waals surface area contributed by atoms with Crippen LogP contribution in [0, 0.1) is 53.9 Å². The predicted molar refractivity (Wildman–Crippen MR) is 118 cm³/mol. The molecule has 0 unspecified atom stereocenters. The minimum atomic E-state index is -0.0906. The largest absolute Gasteiger partial charge is 0.348 e. The van der Waals surface area contributed by atoms with Crippen LogP contribution in [0.25, 0.3) is 11.1 Å². The number of allylic oxidation sites excluding steroid dienone is 1. The molecule has 148 valence electrons. The maximum Gasteiger partial charge on any atom is 0.264 e. The quantitative estimate of drug-likeness (QED) is 0.400. The highest BCUT2D eigenvalue weighted by molar-refractivity contribution is 6.44. The molecule has 0 atom stereocenters. The molecule has 0 radical (unpaired) electrons. The molecule has 28 heavy (non-hydrogen) atoms. The Bertz CT molecular complexity index is 1070. The minimum absolute atomic E-state index is 0.0906. The minimum Gasteiger partial charge on any atom is -0.348 e. The Morgan fingerprint density at radius 1 is 0.786 bits per heavy atom. The van der Waals surface area contributed by atoms with Crippen LogP contribution in [-0.2, 0) is 11.8 Å². The molecule has 0 spiro atoms. The monoisotopic (exact) mass is 377 g/mol. The van der Waals surface area contributed by atoms with Crippen molar-refractivity contribution < 1.29 is 4.79 Å². The Balaban J connectivity index is 2.50. The van der Waals surface area contributed by atoms with Gasteiger partial charge in [-0.2, -0.15) is 0 Å². The molecule has 0 saturated carbocycles. The summed E-state index contributed by atoms with van der Waals surface area (Å²) in [6.07, 6.45) is 0. The highest BCUT2D eigenvalue weighted by Crippen LogP contribution is 2.47. The highest BCUT2D eigenvalue weighted by atomic mass is 16.2. The summed E-state index contributed by atoms with van der Waals surface area (Å²) in [6.45, 7) is 18.5. The second kappa shape index (κ2) is 6.47. The van der Waals surface area contributed by atoms with Crippen LogP contribution in [-0.4, -0.2) is 16.3 Å². The van der Waals surface area contributed by atoms with Gasteiger partial charge in [0.25, 0.3) is 5.91 Å².